The zero-order chi connectivity index (χ0) is 15.5. The molecule has 0 amide bonds. The van der Waals surface area contributed by atoms with Gasteiger partial charge in [0.2, 0.25) is 0 Å². The van der Waals surface area contributed by atoms with E-state index in [4.69, 9.17) is 4.74 Å². The molecule has 0 saturated heterocycles. The third-order valence-corrected chi connectivity index (χ3v) is 3.53. The maximum absolute atomic E-state index is 12.4. The maximum Gasteiger partial charge on any atom is 0.196 e. The molecule has 110 valence electrons. The fourth-order valence-electron chi connectivity index (χ4n) is 2.32. The van der Waals surface area contributed by atoms with Crippen LogP contribution in [-0.4, -0.2) is 23.0 Å². The van der Waals surface area contributed by atoms with E-state index in [0.717, 1.165) is 10.9 Å². The van der Waals surface area contributed by atoms with E-state index >= 15 is 0 Å². The number of pyridine rings is 1. The molecule has 4 heteroatoms. The Morgan fingerprint density at radius 1 is 1.14 bits per heavy atom. The van der Waals surface area contributed by atoms with Crippen molar-refractivity contribution < 1.29 is 14.6 Å². The van der Waals surface area contributed by atoms with Gasteiger partial charge < -0.3 is 9.84 Å². The third-order valence-electron chi connectivity index (χ3n) is 3.53. The van der Waals surface area contributed by atoms with E-state index in [0.29, 0.717) is 16.9 Å². The van der Waals surface area contributed by atoms with Gasteiger partial charge in [0.15, 0.2) is 5.78 Å². The van der Waals surface area contributed by atoms with E-state index in [2.05, 4.69) is 4.98 Å². The maximum atomic E-state index is 12.4. The van der Waals surface area contributed by atoms with Crippen molar-refractivity contribution in [2.75, 3.05) is 7.11 Å². The minimum Gasteiger partial charge on any atom is -0.497 e. The highest BCUT2D eigenvalue weighted by atomic mass is 16.5. The number of methoxy groups -OCH3 is 1. The summed E-state index contributed by atoms with van der Waals surface area (Å²) in [5, 5.41) is 11.2. The first-order valence-corrected chi connectivity index (χ1v) is 6.90. The Labute approximate surface area is 128 Å². The Hall–Kier alpha value is -2.72. The van der Waals surface area contributed by atoms with Gasteiger partial charge in [0, 0.05) is 22.7 Å². The molecular weight excluding hydrogens is 278 g/mol. The summed E-state index contributed by atoms with van der Waals surface area (Å²) < 4.78 is 5.10. The smallest absolute Gasteiger partial charge is 0.196 e. The number of rotatable bonds is 4. The van der Waals surface area contributed by atoms with Crippen LogP contribution in [0.4, 0.5) is 0 Å². The molecule has 1 atom stereocenters. The SMILES string of the molecule is COc1cccc(C(=O)C(O)c2cnc3ccccc3c2)c1. The van der Waals surface area contributed by atoms with Crippen molar-refractivity contribution in [2.24, 2.45) is 0 Å². The number of carbonyl (C=O) groups is 1. The van der Waals surface area contributed by atoms with E-state index in [1.54, 1.807) is 30.3 Å². The van der Waals surface area contributed by atoms with Crippen molar-refractivity contribution in [3.05, 3.63) is 71.9 Å². The molecule has 0 aliphatic heterocycles. The van der Waals surface area contributed by atoms with Gasteiger partial charge in [-0.15, -0.1) is 0 Å². The number of hydrogen-bond acceptors (Lipinski definition) is 4. The fraction of sp³-hybridized carbons (Fsp3) is 0.111. The minimum atomic E-state index is -1.25. The Balaban J connectivity index is 1.93. The normalized spacial score (nSPS) is 12.1. The first-order chi connectivity index (χ1) is 10.7. The number of aliphatic hydroxyl groups excluding tert-OH is 1. The summed E-state index contributed by atoms with van der Waals surface area (Å²) in [5.41, 5.74) is 1.71. The highest BCUT2D eigenvalue weighted by molar-refractivity contribution is 6.00. The molecule has 3 rings (SSSR count). The van der Waals surface area contributed by atoms with Crippen LogP contribution in [0.5, 0.6) is 5.75 Å². The van der Waals surface area contributed by atoms with E-state index in [-0.39, 0.29) is 5.78 Å². The molecule has 0 spiro atoms. The van der Waals surface area contributed by atoms with Crippen LogP contribution in [0.3, 0.4) is 0 Å². The Morgan fingerprint density at radius 2 is 1.95 bits per heavy atom. The first kappa shape index (κ1) is 14.2. The predicted octanol–water partition coefficient (Wildman–Crippen LogP) is 3.16. The van der Waals surface area contributed by atoms with E-state index < -0.39 is 6.10 Å². The van der Waals surface area contributed by atoms with Crippen molar-refractivity contribution in [1.82, 2.24) is 4.98 Å². The number of carbonyl (C=O) groups excluding carboxylic acids is 1. The topological polar surface area (TPSA) is 59.4 Å². The molecular formula is C18H15NO3. The third kappa shape index (κ3) is 2.69. The molecule has 0 aliphatic carbocycles. The first-order valence-electron chi connectivity index (χ1n) is 6.90. The largest absolute Gasteiger partial charge is 0.497 e. The molecule has 1 heterocycles. The quantitative estimate of drug-likeness (QED) is 0.751. The summed E-state index contributed by atoms with van der Waals surface area (Å²) >= 11 is 0. The van der Waals surface area contributed by atoms with Gasteiger partial charge in [-0.1, -0.05) is 30.3 Å². The average Bonchev–Trinajstić information content (AvgIpc) is 2.60. The van der Waals surface area contributed by atoms with Gasteiger partial charge in [-0.2, -0.15) is 0 Å². The van der Waals surface area contributed by atoms with E-state index in [1.165, 1.54) is 13.3 Å². The number of fused-ring (bicyclic) bond motifs is 1. The fourth-order valence-corrected chi connectivity index (χ4v) is 2.32. The van der Waals surface area contributed by atoms with Gasteiger partial charge in [0.25, 0.3) is 0 Å². The van der Waals surface area contributed by atoms with Gasteiger partial charge in [-0.05, 0) is 24.3 Å². The molecule has 0 saturated carbocycles. The summed E-state index contributed by atoms with van der Waals surface area (Å²) in [6, 6.07) is 16.1. The summed E-state index contributed by atoms with van der Waals surface area (Å²) in [5.74, 6) is 0.200. The highest BCUT2D eigenvalue weighted by Gasteiger charge is 2.20. The van der Waals surface area contributed by atoms with Crippen LogP contribution in [0, 0.1) is 0 Å². The Bertz CT molecular complexity index is 829. The molecule has 22 heavy (non-hydrogen) atoms. The van der Waals surface area contributed by atoms with Crippen molar-refractivity contribution >= 4 is 16.7 Å². The summed E-state index contributed by atoms with van der Waals surface area (Å²) in [6.45, 7) is 0. The van der Waals surface area contributed by atoms with Crippen molar-refractivity contribution in [3.63, 3.8) is 0 Å². The average molecular weight is 293 g/mol. The number of Topliss-reactive ketones (excluding diaryl/α,β-unsaturated/α-hetero) is 1. The van der Waals surface area contributed by atoms with Crippen molar-refractivity contribution in [3.8, 4) is 5.75 Å². The monoisotopic (exact) mass is 293 g/mol. The lowest BCUT2D eigenvalue weighted by molar-refractivity contribution is 0.0747. The van der Waals surface area contributed by atoms with Crippen LogP contribution in [0.25, 0.3) is 10.9 Å². The summed E-state index contributed by atoms with van der Waals surface area (Å²) in [6.07, 6.45) is 0.287. The summed E-state index contributed by atoms with van der Waals surface area (Å²) in [7, 11) is 1.53. The van der Waals surface area contributed by atoms with Gasteiger partial charge in [-0.3, -0.25) is 9.78 Å². The standard InChI is InChI=1S/C18H15NO3/c1-22-15-7-4-6-13(10-15)17(20)18(21)14-9-12-5-2-3-8-16(12)19-11-14/h2-11,18,21H,1H3. The number of hydrogen-bond donors (Lipinski definition) is 1. The van der Waals surface area contributed by atoms with Crippen LogP contribution >= 0.6 is 0 Å². The van der Waals surface area contributed by atoms with Crippen molar-refractivity contribution in [2.45, 2.75) is 6.10 Å². The lowest BCUT2D eigenvalue weighted by Gasteiger charge is -2.11. The van der Waals surface area contributed by atoms with Gasteiger partial charge in [0.1, 0.15) is 11.9 Å². The van der Waals surface area contributed by atoms with Gasteiger partial charge >= 0.3 is 0 Å². The Morgan fingerprint density at radius 3 is 2.77 bits per heavy atom. The van der Waals surface area contributed by atoms with Crippen LogP contribution in [0.15, 0.2) is 60.8 Å². The van der Waals surface area contributed by atoms with Gasteiger partial charge in [0.05, 0.1) is 12.6 Å². The lowest BCUT2D eigenvalue weighted by atomic mass is 10.00. The number of benzene rings is 2. The van der Waals surface area contributed by atoms with E-state index in [9.17, 15) is 9.90 Å². The van der Waals surface area contributed by atoms with Crippen molar-refractivity contribution in [1.29, 1.82) is 0 Å². The second-order valence-corrected chi connectivity index (χ2v) is 4.96. The number of ketones is 1. The molecule has 4 nitrogen and oxygen atoms in total. The molecule has 3 aromatic rings. The second kappa shape index (κ2) is 5.95. The number of para-hydroxylation sites is 1. The molecule has 0 fully saturated rings. The number of nitrogens with zero attached hydrogens (tertiary/aromatic N) is 1. The zero-order valence-electron chi connectivity index (χ0n) is 12.1. The van der Waals surface area contributed by atoms with Crippen LogP contribution in [0.2, 0.25) is 0 Å². The molecule has 1 unspecified atom stereocenters. The molecule has 1 N–H and O–H groups in total. The molecule has 0 radical (unpaired) electrons. The Kier molecular flexibility index (Phi) is 3.85. The minimum absolute atomic E-state index is 0.379. The predicted molar refractivity (Wildman–Crippen MR) is 84.0 cm³/mol. The second-order valence-electron chi connectivity index (χ2n) is 4.96. The molecule has 1 aromatic heterocycles. The van der Waals surface area contributed by atoms with Crippen LogP contribution in [0.1, 0.15) is 22.0 Å². The highest BCUT2D eigenvalue weighted by Crippen LogP contribution is 2.23. The number of aliphatic hydroxyl groups is 1. The zero-order valence-corrected chi connectivity index (χ0v) is 12.1. The van der Waals surface area contributed by atoms with Crippen LogP contribution in [-0.2, 0) is 0 Å². The molecule has 0 bridgehead atoms. The van der Waals surface area contributed by atoms with Gasteiger partial charge in [-0.25, -0.2) is 0 Å². The number of ether oxygens (including phenoxy) is 1. The molecule has 0 aliphatic rings. The molecule has 2 aromatic carbocycles. The lowest BCUT2D eigenvalue weighted by Crippen LogP contribution is -2.12. The summed E-state index contributed by atoms with van der Waals surface area (Å²) in [4.78, 5) is 16.7. The number of aromatic nitrogens is 1. The van der Waals surface area contributed by atoms with Crippen LogP contribution < -0.4 is 4.74 Å². The van der Waals surface area contributed by atoms with E-state index in [1.807, 2.05) is 24.3 Å².